The molecule has 0 amide bonds. The Morgan fingerprint density at radius 3 is 2.31 bits per heavy atom. The second kappa shape index (κ2) is 8.76. The molecule has 0 aromatic heterocycles. The smallest absolute Gasteiger partial charge is 0.872 e. The van der Waals surface area contributed by atoms with E-state index in [9.17, 15) is 15.2 Å². The molecule has 0 saturated carbocycles. The first kappa shape index (κ1) is 19.8. The number of fused-ring (bicyclic) bond motifs is 1. The van der Waals surface area contributed by atoms with Gasteiger partial charge in [0, 0.05) is 21.7 Å². The van der Waals surface area contributed by atoms with Crippen molar-refractivity contribution >= 4 is 27.4 Å². The molecule has 0 bridgehead atoms. The number of benzene rings is 1. The van der Waals surface area contributed by atoms with Gasteiger partial charge in [0.25, 0.3) is 0 Å². The van der Waals surface area contributed by atoms with Crippen molar-refractivity contribution in [2.45, 2.75) is 0 Å². The molecule has 26 heavy (non-hydrogen) atoms. The van der Waals surface area contributed by atoms with Crippen LogP contribution in [0.2, 0.25) is 0 Å². The number of nitro groups is 1. The second-order valence-corrected chi connectivity index (χ2v) is 6.09. The minimum absolute atomic E-state index is 0. The van der Waals surface area contributed by atoms with Crippen LogP contribution in [0.4, 0.5) is 5.69 Å². The van der Waals surface area contributed by atoms with Gasteiger partial charge in [-0.3, -0.25) is 10.1 Å². The first-order valence-electron chi connectivity index (χ1n) is 7.37. The third-order valence-electron chi connectivity index (χ3n) is 3.47. The fraction of sp³-hybridized carbons (Fsp3) is 0. The van der Waals surface area contributed by atoms with Crippen molar-refractivity contribution in [1.29, 1.82) is 0 Å². The number of allylic oxidation sites excluding steroid dienone is 6. The fourth-order valence-corrected chi connectivity index (χ4v) is 2.79. The average Bonchev–Trinajstić information content (AvgIpc) is 3.30. The van der Waals surface area contributed by atoms with E-state index in [1.54, 1.807) is 24.3 Å². The Morgan fingerprint density at radius 2 is 1.77 bits per heavy atom. The number of rotatable bonds is 1. The van der Waals surface area contributed by atoms with Gasteiger partial charge in [0.1, 0.15) is 5.76 Å². The predicted molar refractivity (Wildman–Crippen MR) is 96.7 cm³/mol. The molecular formula is C19H12BrFeNO4. The van der Waals surface area contributed by atoms with Gasteiger partial charge >= 0.3 is 22.8 Å². The summed E-state index contributed by atoms with van der Waals surface area (Å²) in [6, 6.07) is 12.8. The topological polar surface area (TPSA) is 75.4 Å². The molecule has 0 fully saturated rings. The molecule has 1 aliphatic heterocycles. The minimum Gasteiger partial charge on any atom is -0.872 e. The molecule has 1 heterocycles. The third-order valence-corrected chi connectivity index (χ3v) is 3.93. The Labute approximate surface area is 169 Å². The fourth-order valence-electron chi connectivity index (χ4n) is 2.34. The van der Waals surface area contributed by atoms with Crippen LogP contribution in [0.15, 0.2) is 88.6 Å². The second-order valence-electron chi connectivity index (χ2n) is 5.17. The Hall–Kier alpha value is -2.47. The average molecular weight is 454 g/mol. The zero-order chi connectivity index (χ0) is 17.8. The van der Waals surface area contributed by atoms with Crippen LogP contribution in [0, 0.1) is 10.1 Å². The van der Waals surface area contributed by atoms with E-state index < -0.39 is 4.92 Å². The van der Waals surface area contributed by atoms with Gasteiger partial charge in [0.05, 0.1) is 4.92 Å². The molecule has 7 heteroatoms. The maximum atomic E-state index is 12.1. The van der Waals surface area contributed by atoms with Crippen LogP contribution >= 0.6 is 15.9 Å². The number of halogens is 1. The van der Waals surface area contributed by atoms with E-state index in [0.717, 1.165) is 0 Å². The first-order valence-corrected chi connectivity index (χ1v) is 8.16. The monoisotopic (exact) mass is 453 g/mol. The third kappa shape index (κ3) is 4.38. The number of nitrogens with zero attached hydrogens (tertiary/aromatic N) is 1. The number of hydrogen-bond donors (Lipinski definition) is 0. The van der Waals surface area contributed by atoms with Gasteiger partial charge in [-0.25, -0.2) is 12.1 Å². The summed E-state index contributed by atoms with van der Waals surface area (Å²) in [6.45, 7) is 0. The molecule has 2 aliphatic rings. The van der Waals surface area contributed by atoms with Crippen LogP contribution in [-0.4, -0.2) is 4.92 Å². The van der Waals surface area contributed by atoms with E-state index in [1.165, 1.54) is 18.2 Å². The van der Waals surface area contributed by atoms with Gasteiger partial charge in [-0.05, 0) is 12.1 Å². The molecule has 2 aromatic carbocycles. The van der Waals surface area contributed by atoms with Crippen LogP contribution in [-0.2, 0) is 17.1 Å². The molecule has 0 N–H and O–H groups in total. The normalized spacial score (nSPS) is 13.8. The van der Waals surface area contributed by atoms with E-state index in [0.29, 0.717) is 15.8 Å². The molecule has 0 saturated heterocycles. The zero-order valence-electron chi connectivity index (χ0n) is 13.2. The molecule has 4 rings (SSSR count). The van der Waals surface area contributed by atoms with E-state index >= 15 is 0 Å². The molecule has 2 aromatic rings. The van der Waals surface area contributed by atoms with Crippen LogP contribution in [0.3, 0.4) is 0 Å². The molecule has 5 nitrogen and oxygen atoms in total. The van der Waals surface area contributed by atoms with Crippen molar-refractivity contribution in [1.82, 2.24) is 0 Å². The molecule has 0 radical (unpaired) electrons. The Balaban J connectivity index is 0.000000351. The van der Waals surface area contributed by atoms with Crippen molar-refractivity contribution in [2.75, 3.05) is 0 Å². The maximum Gasteiger partial charge on any atom is 2.00 e. The molecule has 0 unspecified atom stereocenters. The van der Waals surface area contributed by atoms with Crippen LogP contribution < -0.4 is 9.84 Å². The van der Waals surface area contributed by atoms with Crippen molar-refractivity contribution < 1.29 is 31.8 Å². The van der Waals surface area contributed by atoms with Crippen LogP contribution in [0.1, 0.15) is 5.56 Å². The molecular weight excluding hydrogens is 442 g/mol. The predicted octanol–water partition coefficient (Wildman–Crippen LogP) is 4.23. The van der Waals surface area contributed by atoms with Crippen molar-refractivity contribution in [3.8, 4) is 5.75 Å². The summed E-state index contributed by atoms with van der Waals surface area (Å²) >= 11 is 3.16. The minimum atomic E-state index is -0.565. The Morgan fingerprint density at radius 1 is 1.12 bits per heavy atom. The van der Waals surface area contributed by atoms with E-state index in [1.807, 2.05) is 30.3 Å². The molecule has 0 atom stereocenters. The van der Waals surface area contributed by atoms with Gasteiger partial charge in [-0.1, -0.05) is 46.0 Å². The van der Waals surface area contributed by atoms with Gasteiger partial charge in [-0.15, -0.1) is 0 Å². The van der Waals surface area contributed by atoms with Crippen molar-refractivity contribution in [2.24, 2.45) is 0 Å². The zero-order valence-corrected chi connectivity index (χ0v) is 15.9. The first-order chi connectivity index (χ1) is 12.1. The molecule has 0 spiro atoms. The Kier molecular flexibility index (Phi) is 6.69. The summed E-state index contributed by atoms with van der Waals surface area (Å²) in [5.41, 5.74) is 0.655. The summed E-state index contributed by atoms with van der Waals surface area (Å²) in [5, 5.41) is 23.2. The summed E-state index contributed by atoms with van der Waals surface area (Å²) in [7, 11) is 0. The number of hydrogen-bond acceptors (Lipinski definition) is 4. The Bertz CT molecular complexity index is 896. The van der Waals surface area contributed by atoms with Crippen LogP contribution in [0.25, 0.3) is 5.76 Å². The van der Waals surface area contributed by atoms with Gasteiger partial charge in [-0.2, -0.15) is 18.2 Å². The van der Waals surface area contributed by atoms with Gasteiger partial charge in [0.2, 0.25) is 5.75 Å². The SMILES string of the molecule is O=[N+]([O-])c1cc(Br)cc2c1OC(=C1C=CC=C1)C=C2[O-].[Fe+2].c1cc[cH-]c1. The largest absolute Gasteiger partial charge is 2.00 e. The molecule has 1 aliphatic carbocycles. The quantitative estimate of drug-likeness (QED) is 0.280. The summed E-state index contributed by atoms with van der Waals surface area (Å²) in [6.07, 6.45) is 8.49. The van der Waals surface area contributed by atoms with Gasteiger partial charge < -0.3 is 9.84 Å². The van der Waals surface area contributed by atoms with Crippen molar-refractivity contribution in [3.63, 3.8) is 0 Å². The number of nitro benzene ring substituents is 1. The molecule has 132 valence electrons. The van der Waals surface area contributed by atoms with E-state index in [2.05, 4.69) is 15.9 Å². The maximum absolute atomic E-state index is 12.1. The van der Waals surface area contributed by atoms with Crippen molar-refractivity contribution in [3.05, 3.63) is 104 Å². The van der Waals surface area contributed by atoms with E-state index in [-0.39, 0.29) is 39.8 Å². The van der Waals surface area contributed by atoms with Gasteiger partial charge in [0.15, 0.2) is 0 Å². The van der Waals surface area contributed by atoms with Crippen LogP contribution in [0.5, 0.6) is 5.75 Å². The standard InChI is InChI=1S/C14H8BrNO4.C5H5.Fe/c15-9-5-10-12(17)7-13(8-3-1-2-4-8)20-14(10)11(6-9)16(18)19;1-2-4-5-3-1;/h1-7,17H;1-5H;/q;-1;+2/p-1. The van der Waals surface area contributed by atoms with E-state index in [4.69, 9.17) is 4.74 Å². The summed E-state index contributed by atoms with van der Waals surface area (Å²) in [4.78, 5) is 10.5. The number of ether oxygens (including phenoxy) is 1. The summed E-state index contributed by atoms with van der Waals surface area (Å²) in [5.74, 6) is -0.00771. The summed E-state index contributed by atoms with van der Waals surface area (Å²) < 4.78 is 6.03.